The molecule has 200 valence electrons. The molecular formula is C28H39F2NO4S. The van der Waals surface area contributed by atoms with Gasteiger partial charge in [0.1, 0.15) is 13.6 Å². The third kappa shape index (κ3) is 18.0. The maximum Gasteiger partial charge on any atom is 0.270 e. The van der Waals surface area contributed by atoms with Crippen molar-refractivity contribution in [3.8, 4) is 0 Å². The molecule has 5 nitrogen and oxygen atoms in total. The number of furan rings is 1. The van der Waals surface area contributed by atoms with Gasteiger partial charge in [0.25, 0.3) is 5.92 Å². The lowest BCUT2D eigenvalue weighted by Gasteiger charge is -2.16. The zero-order chi connectivity index (χ0) is 28.7. The van der Waals surface area contributed by atoms with Crippen LogP contribution in [0.4, 0.5) is 8.78 Å². The first-order valence-corrected chi connectivity index (χ1v) is 11.7. The highest BCUT2D eigenvalue weighted by Crippen LogP contribution is 2.31. The van der Waals surface area contributed by atoms with Crippen LogP contribution in [0.15, 0.2) is 82.0 Å². The zero-order valence-electron chi connectivity index (χ0n) is 22.3. The van der Waals surface area contributed by atoms with Crippen molar-refractivity contribution in [3.63, 3.8) is 0 Å². The molecule has 0 unspecified atom stereocenters. The lowest BCUT2D eigenvalue weighted by molar-refractivity contribution is -0.120. The predicted molar refractivity (Wildman–Crippen MR) is 147 cm³/mol. The van der Waals surface area contributed by atoms with E-state index in [1.165, 1.54) is 23.5 Å². The molecule has 0 fully saturated rings. The molecule has 0 aromatic carbocycles. The van der Waals surface area contributed by atoms with Crippen LogP contribution in [0.3, 0.4) is 0 Å². The van der Waals surface area contributed by atoms with Crippen LogP contribution in [0.25, 0.3) is 5.57 Å². The van der Waals surface area contributed by atoms with Gasteiger partial charge < -0.3 is 19.3 Å². The molecule has 0 radical (unpaired) electrons. The smallest absolute Gasteiger partial charge is 0.270 e. The standard InChI is InChI=1S/C14H16F2O.C7H13NO.C5H6S.2CH2O/c1-5-11(12-6-7-17-9-12)8-13(10(2)3)14(4,15)16;1-4-6(2)5-7(9)8-3;1-5-3-2-4-6-5;2*1-2/h5-9H,2H2,1,3-4H3;4H,5H2,1-3H3,(H,8,9);2-4H,1H3;2*1H2/b11-5+,13-8+;6-4+;;;. The summed E-state index contributed by atoms with van der Waals surface area (Å²) in [5, 5.41) is 4.63. The maximum absolute atomic E-state index is 13.4. The van der Waals surface area contributed by atoms with Crippen LogP contribution in [0.2, 0.25) is 0 Å². The third-order valence-electron chi connectivity index (χ3n) is 4.27. The minimum Gasteiger partial charge on any atom is -0.472 e. The molecule has 2 aromatic rings. The minimum atomic E-state index is -2.90. The highest BCUT2D eigenvalue weighted by molar-refractivity contribution is 7.09. The van der Waals surface area contributed by atoms with Crippen LogP contribution >= 0.6 is 11.3 Å². The Labute approximate surface area is 218 Å². The van der Waals surface area contributed by atoms with Gasteiger partial charge in [-0.3, -0.25) is 4.79 Å². The van der Waals surface area contributed by atoms with E-state index in [0.29, 0.717) is 17.6 Å². The first-order chi connectivity index (χ1) is 17.0. The number of amides is 1. The lowest BCUT2D eigenvalue weighted by Crippen LogP contribution is -2.17. The molecule has 0 aliphatic heterocycles. The molecule has 1 N–H and O–H groups in total. The largest absolute Gasteiger partial charge is 0.472 e. The number of allylic oxidation sites excluding steroid dienone is 6. The predicted octanol–water partition coefficient (Wildman–Crippen LogP) is 7.62. The quantitative estimate of drug-likeness (QED) is 0.312. The Balaban J connectivity index is -0.000000478. The zero-order valence-corrected chi connectivity index (χ0v) is 23.1. The topological polar surface area (TPSA) is 76.4 Å². The fourth-order valence-electron chi connectivity index (χ4n) is 2.35. The Morgan fingerprint density at radius 2 is 1.72 bits per heavy atom. The van der Waals surface area contributed by atoms with Gasteiger partial charge >= 0.3 is 0 Å². The van der Waals surface area contributed by atoms with Gasteiger partial charge in [0, 0.05) is 36.4 Å². The molecule has 0 aliphatic carbocycles. The first-order valence-electron chi connectivity index (χ1n) is 10.8. The third-order valence-corrected chi connectivity index (χ3v) is 5.07. The highest BCUT2D eigenvalue weighted by atomic mass is 32.1. The Bertz CT molecular complexity index is 937. The summed E-state index contributed by atoms with van der Waals surface area (Å²) in [6.45, 7) is 17.8. The van der Waals surface area contributed by atoms with E-state index < -0.39 is 5.92 Å². The number of hydrogen-bond donors (Lipinski definition) is 1. The van der Waals surface area contributed by atoms with Crippen LogP contribution in [-0.2, 0) is 14.4 Å². The van der Waals surface area contributed by atoms with Gasteiger partial charge in [-0.25, -0.2) is 8.78 Å². The van der Waals surface area contributed by atoms with Crippen molar-refractivity contribution in [1.82, 2.24) is 5.32 Å². The Hall–Kier alpha value is -3.39. The van der Waals surface area contributed by atoms with Crippen LogP contribution in [0.5, 0.6) is 0 Å². The van der Waals surface area contributed by atoms with Gasteiger partial charge in [0.2, 0.25) is 5.91 Å². The molecule has 0 atom stereocenters. The number of alkyl halides is 2. The van der Waals surface area contributed by atoms with Crippen LogP contribution in [0.1, 0.15) is 51.5 Å². The van der Waals surface area contributed by atoms with Gasteiger partial charge in [-0.1, -0.05) is 30.4 Å². The average Bonchev–Trinajstić information content (AvgIpc) is 3.56. The summed E-state index contributed by atoms with van der Waals surface area (Å²) in [6, 6.07) is 5.89. The molecule has 0 bridgehead atoms. The Morgan fingerprint density at radius 3 is 2.00 bits per heavy atom. The second-order valence-corrected chi connectivity index (χ2v) is 8.34. The van der Waals surface area contributed by atoms with Crippen molar-refractivity contribution >= 4 is 36.4 Å². The molecule has 0 saturated heterocycles. The van der Waals surface area contributed by atoms with Gasteiger partial charge in [-0.15, -0.1) is 11.3 Å². The van der Waals surface area contributed by atoms with E-state index in [9.17, 15) is 13.6 Å². The number of rotatable bonds is 6. The summed E-state index contributed by atoms with van der Waals surface area (Å²) in [5.74, 6) is -2.82. The molecule has 2 aromatic heterocycles. The van der Waals surface area contributed by atoms with Crippen molar-refractivity contribution < 1.29 is 27.6 Å². The Morgan fingerprint density at radius 1 is 1.14 bits per heavy atom. The number of thiophene rings is 1. The number of carbonyl (C=O) groups is 3. The fourth-order valence-corrected chi connectivity index (χ4v) is 2.88. The molecule has 1 amide bonds. The Kier molecular flexibility index (Phi) is 22.8. The molecule has 36 heavy (non-hydrogen) atoms. The van der Waals surface area contributed by atoms with Gasteiger partial charge in [-0.05, 0) is 69.4 Å². The van der Waals surface area contributed by atoms with E-state index in [2.05, 4.69) is 36.3 Å². The van der Waals surface area contributed by atoms with E-state index in [1.807, 2.05) is 33.5 Å². The van der Waals surface area contributed by atoms with Crippen LogP contribution < -0.4 is 5.32 Å². The molecule has 0 aliphatic rings. The van der Waals surface area contributed by atoms with Crippen LogP contribution in [0, 0.1) is 6.92 Å². The molecular weight excluding hydrogens is 484 g/mol. The van der Waals surface area contributed by atoms with E-state index >= 15 is 0 Å². The van der Waals surface area contributed by atoms with Gasteiger partial charge in [0.15, 0.2) is 0 Å². The second kappa shape index (κ2) is 22.1. The van der Waals surface area contributed by atoms with E-state index in [-0.39, 0.29) is 11.5 Å². The summed E-state index contributed by atoms with van der Waals surface area (Å²) in [5.41, 5.74) is 2.87. The van der Waals surface area contributed by atoms with Crippen molar-refractivity contribution in [2.24, 2.45) is 0 Å². The normalized spacial score (nSPS) is 11.1. The van der Waals surface area contributed by atoms with Gasteiger partial charge in [-0.2, -0.15) is 0 Å². The number of hydrogen-bond acceptors (Lipinski definition) is 5. The van der Waals surface area contributed by atoms with Crippen molar-refractivity contribution in [1.29, 1.82) is 0 Å². The number of carbonyl (C=O) groups excluding carboxylic acids is 3. The number of aryl methyl sites for hydroxylation is 1. The number of halogens is 2. The average molecular weight is 524 g/mol. The molecule has 2 rings (SSSR count). The van der Waals surface area contributed by atoms with Crippen molar-refractivity contribution in [2.45, 2.75) is 53.9 Å². The molecule has 8 heteroatoms. The summed E-state index contributed by atoms with van der Waals surface area (Å²) in [7, 11) is 1.64. The van der Waals surface area contributed by atoms with E-state index in [4.69, 9.17) is 14.0 Å². The SMILES string of the molecule is C/C=C(\C)CC(=O)NC.C=C(C)/C(=C\C(=C/C)c1ccoc1)C(C)(F)F.C=O.C=O.Cc1cccs1. The summed E-state index contributed by atoms with van der Waals surface area (Å²) < 4.78 is 31.7. The van der Waals surface area contributed by atoms with E-state index in [0.717, 1.165) is 18.1 Å². The monoisotopic (exact) mass is 523 g/mol. The lowest BCUT2D eigenvalue weighted by atomic mass is 9.98. The van der Waals surface area contributed by atoms with E-state index in [1.54, 1.807) is 44.4 Å². The second-order valence-electron chi connectivity index (χ2n) is 7.19. The maximum atomic E-state index is 13.4. The van der Waals surface area contributed by atoms with Crippen molar-refractivity contribution in [2.75, 3.05) is 7.05 Å². The fraction of sp³-hybridized carbons (Fsp3) is 0.321. The molecule has 0 spiro atoms. The summed E-state index contributed by atoms with van der Waals surface area (Å²) in [6.07, 6.45) is 8.71. The summed E-state index contributed by atoms with van der Waals surface area (Å²) >= 11 is 1.78. The minimum absolute atomic E-state index is 0.0631. The first kappa shape index (κ1) is 37.2. The molecule has 0 saturated carbocycles. The van der Waals surface area contributed by atoms with Crippen molar-refractivity contribution in [3.05, 3.63) is 88.1 Å². The highest BCUT2D eigenvalue weighted by Gasteiger charge is 2.28. The number of nitrogens with one attached hydrogen (secondary N) is 1. The summed E-state index contributed by atoms with van der Waals surface area (Å²) in [4.78, 5) is 28.0. The van der Waals surface area contributed by atoms with Gasteiger partial charge in [0.05, 0.1) is 12.5 Å². The molecule has 2 heterocycles. The van der Waals surface area contributed by atoms with Crippen LogP contribution in [-0.4, -0.2) is 32.5 Å².